The number of carbonyl (C=O) groups is 3. The molecule has 7 nitrogen and oxygen atoms in total. The third-order valence-electron chi connectivity index (χ3n) is 1.82. The van der Waals surface area contributed by atoms with E-state index in [0.717, 1.165) is 0 Å². The van der Waals surface area contributed by atoms with E-state index in [1.807, 2.05) is 20.8 Å². The van der Waals surface area contributed by atoms with Crippen molar-refractivity contribution in [3.63, 3.8) is 0 Å². The maximum atomic E-state index is 11.4. The summed E-state index contributed by atoms with van der Waals surface area (Å²) in [5, 5.41) is 7.63. The zero-order valence-electron chi connectivity index (χ0n) is 11.1. The predicted octanol–water partition coefficient (Wildman–Crippen LogP) is -1.52. The predicted molar refractivity (Wildman–Crippen MR) is 67.6 cm³/mol. The Morgan fingerprint density at radius 1 is 1.00 bits per heavy atom. The second-order valence-corrected chi connectivity index (χ2v) is 4.88. The van der Waals surface area contributed by atoms with Crippen molar-refractivity contribution >= 4 is 17.7 Å². The van der Waals surface area contributed by atoms with Crippen LogP contribution >= 0.6 is 0 Å². The summed E-state index contributed by atoms with van der Waals surface area (Å²) in [6.07, 6.45) is 0.202. The monoisotopic (exact) mass is 258 g/mol. The molecular weight excluding hydrogens is 236 g/mol. The van der Waals surface area contributed by atoms with Crippen LogP contribution in [-0.4, -0.2) is 42.9 Å². The first-order chi connectivity index (χ1) is 8.24. The van der Waals surface area contributed by atoms with Crippen molar-refractivity contribution in [3.05, 3.63) is 0 Å². The minimum atomic E-state index is -0.393. The average Bonchev–Trinajstić information content (AvgIpc) is 2.23. The van der Waals surface area contributed by atoms with Crippen LogP contribution in [0.5, 0.6) is 0 Å². The molecule has 0 atom stereocenters. The molecule has 0 aliphatic carbocycles. The Morgan fingerprint density at radius 2 is 1.61 bits per heavy atom. The lowest BCUT2D eigenvalue weighted by atomic mass is 10.1. The molecule has 0 aromatic heterocycles. The molecule has 0 spiro atoms. The van der Waals surface area contributed by atoms with Gasteiger partial charge in [0.15, 0.2) is 0 Å². The fourth-order valence-electron chi connectivity index (χ4n) is 1.11. The SMILES string of the molecule is CC(C)(C)NC(=O)CCNC(=O)CNC(=O)CN. The lowest BCUT2D eigenvalue weighted by Crippen LogP contribution is -2.43. The van der Waals surface area contributed by atoms with Crippen LogP contribution in [0.4, 0.5) is 0 Å². The Kier molecular flexibility index (Phi) is 6.96. The zero-order valence-corrected chi connectivity index (χ0v) is 11.1. The van der Waals surface area contributed by atoms with Crippen molar-refractivity contribution in [1.82, 2.24) is 16.0 Å². The summed E-state index contributed by atoms with van der Waals surface area (Å²) in [5.74, 6) is -0.871. The summed E-state index contributed by atoms with van der Waals surface area (Å²) in [7, 11) is 0. The summed E-state index contributed by atoms with van der Waals surface area (Å²) < 4.78 is 0. The highest BCUT2D eigenvalue weighted by Gasteiger charge is 2.13. The van der Waals surface area contributed by atoms with Crippen LogP contribution in [0.1, 0.15) is 27.2 Å². The summed E-state index contributed by atoms with van der Waals surface area (Å²) in [5.41, 5.74) is 4.78. The number of carbonyl (C=O) groups excluding carboxylic acids is 3. The van der Waals surface area contributed by atoms with Crippen LogP contribution in [0.15, 0.2) is 0 Å². The molecule has 0 aliphatic rings. The van der Waals surface area contributed by atoms with Gasteiger partial charge in [0.2, 0.25) is 17.7 Å². The normalized spacial score (nSPS) is 10.7. The summed E-state index contributed by atoms with van der Waals surface area (Å²) >= 11 is 0. The average molecular weight is 258 g/mol. The van der Waals surface area contributed by atoms with E-state index >= 15 is 0 Å². The fourth-order valence-corrected chi connectivity index (χ4v) is 1.11. The molecule has 104 valence electrons. The molecule has 5 N–H and O–H groups in total. The van der Waals surface area contributed by atoms with Gasteiger partial charge in [0, 0.05) is 18.5 Å². The van der Waals surface area contributed by atoms with E-state index in [0.29, 0.717) is 0 Å². The molecule has 0 saturated carbocycles. The number of nitrogens with two attached hydrogens (primary N) is 1. The maximum absolute atomic E-state index is 11.4. The van der Waals surface area contributed by atoms with E-state index in [9.17, 15) is 14.4 Å². The van der Waals surface area contributed by atoms with Crippen molar-refractivity contribution < 1.29 is 14.4 Å². The van der Waals surface area contributed by atoms with Crippen LogP contribution in [0.25, 0.3) is 0 Å². The summed E-state index contributed by atoms with van der Waals surface area (Å²) in [6.45, 7) is 5.60. The van der Waals surface area contributed by atoms with Gasteiger partial charge in [-0.2, -0.15) is 0 Å². The molecule has 0 fully saturated rings. The Bertz CT molecular complexity index is 310. The first-order valence-electron chi connectivity index (χ1n) is 5.79. The Morgan fingerprint density at radius 3 is 2.11 bits per heavy atom. The standard InChI is InChI=1S/C11H22N4O3/c1-11(2,3)15-8(16)4-5-13-10(18)7-14-9(17)6-12/h4-7,12H2,1-3H3,(H,13,18)(H,14,17)(H,15,16). The lowest BCUT2D eigenvalue weighted by molar-refractivity contribution is -0.126. The highest BCUT2D eigenvalue weighted by atomic mass is 16.2. The van der Waals surface area contributed by atoms with Crippen molar-refractivity contribution in [2.24, 2.45) is 5.73 Å². The number of amides is 3. The van der Waals surface area contributed by atoms with Gasteiger partial charge in [0.25, 0.3) is 0 Å². The number of rotatable bonds is 6. The largest absolute Gasteiger partial charge is 0.354 e. The van der Waals surface area contributed by atoms with Gasteiger partial charge in [0.05, 0.1) is 13.1 Å². The molecule has 0 radical (unpaired) electrons. The first kappa shape index (κ1) is 16.4. The van der Waals surface area contributed by atoms with E-state index in [-0.39, 0.29) is 43.4 Å². The van der Waals surface area contributed by atoms with Crippen molar-refractivity contribution in [2.45, 2.75) is 32.7 Å². The van der Waals surface area contributed by atoms with Gasteiger partial charge in [-0.05, 0) is 20.8 Å². The van der Waals surface area contributed by atoms with Crippen LogP contribution < -0.4 is 21.7 Å². The van der Waals surface area contributed by atoms with Crippen molar-refractivity contribution in [2.75, 3.05) is 19.6 Å². The van der Waals surface area contributed by atoms with E-state index in [4.69, 9.17) is 5.73 Å². The second-order valence-electron chi connectivity index (χ2n) is 4.88. The van der Waals surface area contributed by atoms with Gasteiger partial charge in [-0.15, -0.1) is 0 Å². The Labute approximate surface area is 107 Å². The topological polar surface area (TPSA) is 113 Å². The number of hydrogen-bond acceptors (Lipinski definition) is 4. The Balaban J connectivity index is 3.68. The third-order valence-corrected chi connectivity index (χ3v) is 1.82. The molecule has 0 unspecified atom stereocenters. The maximum Gasteiger partial charge on any atom is 0.239 e. The molecule has 18 heavy (non-hydrogen) atoms. The van der Waals surface area contributed by atoms with Crippen LogP contribution in [0, 0.1) is 0 Å². The van der Waals surface area contributed by atoms with Gasteiger partial charge >= 0.3 is 0 Å². The number of hydrogen-bond donors (Lipinski definition) is 4. The summed E-state index contributed by atoms with van der Waals surface area (Å²) in [6, 6.07) is 0. The van der Waals surface area contributed by atoms with E-state index < -0.39 is 5.91 Å². The quantitative estimate of drug-likeness (QED) is 0.463. The van der Waals surface area contributed by atoms with E-state index in [1.54, 1.807) is 0 Å². The van der Waals surface area contributed by atoms with E-state index in [2.05, 4.69) is 16.0 Å². The molecular formula is C11H22N4O3. The molecule has 3 amide bonds. The van der Waals surface area contributed by atoms with Crippen LogP contribution in [-0.2, 0) is 14.4 Å². The smallest absolute Gasteiger partial charge is 0.239 e. The van der Waals surface area contributed by atoms with Gasteiger partial charge in [-0.25, -0.2) is 0 Å². The minimum Gasteiger partial charge on any atom is -0.354 e. The van der Waals surface area contributed by atoms with Gasteiger partial charge in [-0.1, -0.05) is 0 Å². The molecule has 7 heteroatoms. The zero-order chi connectivity index (χ0) is 14.2. The molecule has 0 aromatic carbocycles. The highest BCUT2D eigenvalue weighted by Crippen LogP contribution is 1.98. The van der Waals surface area contributed by atoms with Crippen molar-refractivity contribution in [1.29, 1.82) is 0 Å². The molecule has 0 aliphatic heterocycles. The molecule has 0 saturated heterocycles. The van der Waals surface area contributed by atoms with Gasteiger partial charge in [0.1, 0.15) is 0 Å². The van der Waals surface area contributed by atoms with Crippen LogP contribution in [0.3, 0.4) is 0 Å². The number of nitrogens with one attached hydrogen (secondary N) is 3. The van der Waals surface area contributed by atoms with Crippen molar-refractivity contribution in [3.8, 4) is 0 Å². The molecule has 0 aromatic rings. The molecule has 0 rings (SSSR count). The second kappa shape index (κ2) is 7.65. The minimum absolute atomic E-state index is 0.128. The van der Waals surface area contributed by atoms with Gasteiger partial charge in [-0.3, -0.25) is 14.4 Å². The summed E-state index contributed by atoms with van der Waals surface area (Å²) in [4.78, 5) is 33.4. The molecule has 0 heterocycles. The highest BCUT2D eigenvalue weighted by molar-refractivity contribution is 5.85. The third kappa shape index (κ3) is 9.59. The first-order valence-corrected chi connectivity index (χ1v) is 5.79. The fraction of sp³-hybridized carbons (Fsp3) is 0.727. The van der Waals surface area contributed by atoms with Crippen LogP contribution in [0.2, 0.25) is 0 Å². The Hall–Kier alpha value is -1.63. The lowest BCUT2D eigenvalue weighted by Gasteiger charge is -2.20. The van der Waals surface area contributed by atoms with E-state index in [1.165, 1.54) is 0 Å². The molecule has 0 bridgehead atoms. The van der Waals surface area contributed by atoms with Gasteiger partial charge < -0.3 is 21.7 Å².